The number of rotatable bonds is 4. The van der Waals surface area contributed by atoms with Crippen LogP contribution in [0.25, 0.3) is 11.3 Å². The molecule has 0 aliphatic carbocycles. The maximum atomic E-state index is 5.73. The number of ether oxygens (including phenoxy) is 1. The third-order valence-corrected chi connectivity index (χ3v) is 5.31. The second-order valence-electron chi connectivity index (χ2n) is 6.79. The molecule has 4 rings (SSSR count). The molecule has 2 aromatic rings. The lowest BCUT2D eigenvalue weighted by Gasteiger charge is -2.34. The van der Waals surface area contributed by atoms with Crippen LogP contribution in [0, 0.1) is 5.92 Å². The molecule has 0 radical (unpaired) electrons. The van der Waals surface area contributed by atoms with E-state index < -0.39 is 0 Å². The number of likely N-dealkylation sites (tertiary alicyclic amines) is 1. The second-order valence-corrected chi connectivity index (χ2v) is 6.79. The van der Waals surface area contributed by atoms with Gasteiger partial charge in [-0.3, -0.25) is 10.00 Å². The minimum Gasteiger partial charge on any atom is -0.381 e. The van der Waals surface area contributed by atoms with Crippen LogP contribution in [0.3, 0.4) is 0 Å². The Hall–Kier alpha value is -1.65. The number of aromatic amines is 1. The average Bonchev–Trinajstić information content (AvgIpc) is 3.26. The second kappa shape index (κ2) is 6.85. The Kier molecular flexibility index (Phi) is 4.44. The molecule has 0 bridgehead atoms. The molecule has 3 heterocycles. The normalized spacial score (nSPS) is 25.7. The molecule has 1 aromatic heterocycles. The average molecular weight is 311 g/mol. The van der Waals surface area contributed by atoms with Gasteiger partial charge >= 0.3 is 0 Å². The van der Waals surface area contributed by atoms with Gasteiger partial charge in [0.05, 0.1) is 18.5 Å². The van der Waals surface area contributed by atoms with E-state index in [0.717, 1.165) is 25.5 Å². The predicted octanol–water partition coefficient (Wildman–Crippen LogP) is 3.47. The molecule has 2 saturated heterocycles. The number of aromatic nitrogens is 2. The summed E-state index contributed by atoms with van der Waals surface area (Å²) in [6, 6.07) is 11.2. The molecule has 2 fully saturated rings. The fourth-order valence-corrected chi connectivity index (χ4v) is 4.16. The molecule has 2 unspecified atom stereocenters. The lowest BCUT2D eigenvalue weighted by Crippen LogP contribution is -2.39. The van der Waals surface area contributed by atoms with E-state index in [-0.39, 0.29) is 0 Å². The van der Waals surface area contributed by atoms with Gasteiger partial charge < -0.3 is 4.74 Å². The van der Waals surface area contributed by atoms with Gasteiger partial charge in [0.25, 0.3) is 0 Å². The van der Waals surface area contributed by atoms with E-state index in [1.54, 1.807) is 0 Å². The predicted molar refractivity (Wildman–Crippen MR) is 91.0 cm³/mol. The van der Waals surface area contributed by atoms with E-state index in [4.69, 9.17) is 4.74 Å². The summed E-state index contributed by atoms with van der Waals surface area (Å²) >= 11 is 0. The Morgan fingerprint density at radius 1 is 1.17 bits per heavy atom. The largest absolute Gasteiger partial charge is 0.381 e. The van der Waals surface area contributed by atoms with Gasteiger partial charge in [-0.15, -0.1) is 0 Å². The molecule has 4 nitrogen and oxygen atoms in total. The first-order chi connectivity index (χ1) is 11.4. The van der Waals surface area contributed by atoms with Crippen molar-refractivity contribution in [1.82, 2.24) is 15.1 Å². The van der Waals surface area contributed by atoms with Crippen molar-refractivity contribution in [2.75, 3.05) is 19.8 Å². The van der Waals surface area contributed by atoms with Gasteiger partial charge in [-0.05, 0) is 43.7 Å². The van der Waals surface area contributed by atoms with Crippen LogP contribution in [0.15, 0.2) is 36.5 Å². The number of nitrogens with one attached hydrogen (secondary N) is 1. The SMILES string of the molecule is c1ccc(-c2[nH]ncc2CN2CCCC2C2CCCOC2)cc1. The van der Waals surface area contributed by atoms with Crippen LogP contribution in [0.2, 0.25) is 0 Å². The van der Waals surface area contributed by atoms with Crippen molar-refractivity contribution in [2.45, 2.75) is 38.3 Å². The van der Waals surface area contributed by atoms with Gasteiger partial charge in [0.1, 0.15) is 0 Å². The van der Waals surface area contributed by atoms with Crippen molar-refractivity contribution in [3.8, 4) is 11.3 Å². The molecule has 1 aromatic carbocycles. The highest BCUT2D eigenvalue weighted by Crippen LogP contribution is 2.32. The summed E-state index contributed by atoms with van der Waals surface area (Å²) in [6.45, 7) is 4.07. The zero-order valence-electron chi connectivity index (χ0n) is 13.6. The highest BCUT2D eigenvalue weighted by Gasteiger charge is 2.33. The monoisotopic (exact) mass is 311 g/mol. The Balaban J connectivity index is 1.50. The fourth-order valence-electron chi connectivity index (χ4n) is 4.16. The first-order valence-corrected chi connectivity index (χ1v) is 8.81. The highest BCUT2D eigenvalue weighted by atomic mass is 16.5. The van der Waals surface area contributed by atoms with Crippen molar-refractivity contribution in [2.24, 2.45) is 5.92 Å². The first-order valence-electron chi connectivity index (χ1n) is 8.81. The summed E-state index contributed by atoms with van der Waals surface area (Å²) in [7, 11) is 0. The van der Waals surface area contributed by atoms with Crippen LogP contribution in [0.4, 0.5) is 0 Å². The summed E-state index contributed by atoms with van der Waals surface area (Å²) < 4.78 is 5.73. The zero-order valence-corrected chi connectivity index (χ0v) is 13.6. The molecule has 2 aliphatic rings. The summed E-state index contributed by atoms with van der Waals surface area (Å²) in [4.78, 5) is 2.65. The van der Waals surface area contributed by atoms with Crippen LogP contribution in [0.5, 0.6) is 0 Å². The molecular weight excluding hydrogens is 286 g/mol. The standard InChI is InChI=1S/C19H25N3O/c1-2-6-15(7-3-1)19-17(12-20-21-19)13-22-10-4-9-18(22)16-8-5-11-23-14-16/h1-3,6-7,12,16,18H,4-5,8-11,13-14H2,(H,20,21). The topological polar surface area (TPSA) is 41.2 Å². The molecule has 122 valence electrons. The maximum Gasteiger partial charge on any atom is 0.0695 e. The first kappa shape index (κ1) is 14.9. The van der Waals surface area contributed by atoms with Crippen molar-refractivity contribution in [1.29, 1.82) is 0 Å². The molecule has 0 amide bonds. The van der Waals surface area contributed by atoms with Crippen molar-refractivity contribution < 1.29 is 4.74 Å². The van der Waals surface area contributed by atoms with Crippen LogP contribution in [0.1, 0.15) is 31.2 Å². The molecule has 2 atom stereocenters. The molecule has 1 N–H and O–H groups in total. The van der Waals surface area contributed by atoms with Gasteiger partial charge in [-0.1, -0.05) is 30.3 Å². The van der Waals surface area contributed by atoms with E-state index in [0.29, 0.717) is 12.0 Å². The lowest BCUT2D eigenvalue weighted by molar-refractivity contribution is 0.0181. The molecule has 23 heavy (non-hydrogen) atoms. The van der Waals surface area contributed by atoms with E-state index >= 15 is 0 Å². The third kappa shape index (κ3) is 3.19. The van der Waals surface area contributed by atoms with Crippen LogP contribution >= 0.6 is 0 Å². The van der Waals surface area contributed by atoms with Gasteiger partial charge in [0.2, 0.25) is 0 Å². The summed E-state index contributed by atoms with van der Waals surface area (Å²) in [5.41, 5.74) is 3.69. The molecule has 2 aliphatic heterocycles. The smallest absolute Gasteiger partial charge is 0.0695 e. The summed E-state index contributed by atoms with van der Waals surface area (Å²) in [6.07, 6.45) is 7.15. The minimum absolute atomic E-state index is 0.675. The fraction of sp³-hybridized carbons (Fsp3) is 0.526. The number of benzene rings is 1. The Bertz CT molecular complexity index is 619. The highest BCUT2D eigenvalue weighted by molar-refractivity contribution is 5.62. The van der Waals surface area contributed by atoms with Gasteiger partial charge in [0.15, 0.2) is 0 Å². The summed E-state index contributed by atoms with van der Waals surface area (Å²) in [5, 5.41) is 7.49. The van der Waals surface area contributed by atoms with E-state index in [1.807, 2.05) is 6.20 Å². The Morgan fingerprint density at radius 3 is 2.91 bits per heavy atom. The molecule has 4 heteroatoms. The van der Waals surface area contributed by atoms with Crippen molar-refractivity contribution in [3.63, 3.8) is 0 Å². The zero-order chi connectivity index (χ0) is 15.5. The van der Waals surface area contributed by atoms with Gasteiger partial charge in [0, 0.05) is 24.8 Å². The van der Waals surface area contributed by atoms with Crippen LogP contribution in [-0.2, 0) is 11.3 Å². The number of hydrogen-bond acceptors (Lipinski definition) is 3. The molecule has 0 saturated carbocycles. The quantitative estimate of drug-likeness (QED) is 0.940. The summed E-state index contributed by atoms with van der Waals surface area (Å²) in [5.74, 6) is 0.707. The third-order valence-electron chi connectivity index (χ3n) is 5.31. The van der Waals surface area contributed by atoms with Crippen molar-refractivity contribution in [3.05, 3.63) is 42.1 Å². The van der Waals surface area contributed by atoms with E-state index in [2.05, 4.69) is 45.4 Å². The van der Waals surface area contributed by atoms with Gasteiger partial charge in [-0.25, -0.2) is 0 Å². The minimum atomic E-state index is 0.675. The number of nitrogens with zero attached hydrogens (tertiary/aromatic N) is 2. The van der Waals surface area contributed by atoms with Gasteiger partial charge in [-0.2, -0.15) is 5.10 Å². The number of hydrogen-bond donors (Lipinski definition) is 1. The van der Waals surface area contributed by atoms with E-state index in [9.17, 15) is 0 Å². The van der Waals surface area contributed by atoms with E-state index in [1.165, 1.54) is 43.4 Å². The van der Waals surface area contributed by atoms with Crippen molar-refractivity contribution >= 4 is 0 Å². The Morgan fingerprint density at radius 2 is 2.09 bits per heavy atom. The van der Waals surface area contributed by atoms with Crippen LogP contribution in [-0.4, -0.2) is 40.9 Å². The number of H-pyrrole nitrogens is 1. The maximum absolute atomic E-state index is 5.73. The molecule has 0 spiro atoms. The molecular formula is C19H25N3O. The van der Waals surface area contributed by atoms with Crippen LogP contribution < -0.4 is 0 Å². The Labute approximate surface area is 137 Å². The lowest BCUT2D eigenvalue weighted by atomic mass is 9.92.